The van der Waals surface area contributed by atoms with E-state index >= 15 is 0 Å². The lowest BCUT2D eigenvalue weighted by atomic mass is 10.0. The fourth-order valence-electron chi connectivity index (χ4n) is 4.07. The summed E-state index contributed by atoms with van der Waals surface area (Å²) in [6, 6.07) is 19.7. The summed E-state index contributed by atoms with van der Waals surface area (Å²) in [6.07, 6.45) is -0.0604. The number of amides is 1. The molecule has 3 N–H and O–H groups in total. The molecule has 0 bridgehead atoms. The molecule has 1 amide bonds. The standard InChI is InChI=1S/C29H30F2N4O3S/c1-2-19-7-6-8-20(11-19)16-32-17-26(36)25(14-21-12-23(30)15-24(31)13-21)33-27(37)18-39-29-35-34-28(38-29)22-9-4-3-5-10-22/h3-13,15,25-26,32,36H,2,14,16-18H2,1H3,(H,33,37)/t25-,26-/m0/s1. The van der Waals surface area contributed by atoms with Crippen molar-refractivity contribution < 1.29 is 23.1 Å². The van der Waals surface area contributed by atoms with Gasteiger partial charge in [-0.15, -0.1) is 10.2 Å². The third-order valence-electron chi connectivity index (χ3n) is 6.02. The maximum Gasteiger partial charge on any atom is 0.277 e. The zero-order valence-electron chi connectivity index (χ0n) is 21.4. The van der Waals surface area contributed by atoms with Gasteiger partial charge in [-0.05, 0) is 53.8 Å². The Labute approximate surface area is 230 Å². The number of rotatable bonds is 13. The van der Waals surface area contributed by atoms with E-state index in [1.807, 2.05) is 42.5 Å². The van der Waals surface area contributed by atoms with Crippen LogP contribution in [0.3, 0.4) is 0 Å². The molecule has 4 aromatic rings. The predicted molar refractivity (Wildman–Crippen MR) is 146 cm³/mol. The van der Waals surface area contributed by atoms with Crippen molar-refractivity contribution in [2.75, 3.05) is 12.3 Å². The number of aryl methyl sites for hydroxylation is 1. The molecule has 10 heteroatoms. The number of hydrogen-bond donors (Lipinski definition) is 3. The Bertz CT molecular complexity index is 1350. The summed E-state index contributed by atoms with van der Waals surface area (Å²) < 4.78 is 33.2. The van der Waals surface area contributed by atoms with Gasteiger partial charge < -0.3 is 20.2 Å². The van der Waals surface area contributed by atoms with Crippen LogP contribution in [0.15, 0.2) is 82.4 Å². The van der Waals surface area contributed by atoms with Crippen molar-refractivity contribution >= 4 is 17.7 Å². The fourth-order valence-corrected chi connectivity index (χ4v) is 4.65. The van der Waals surface area contributed by atoms with Crippen molar-refractivity contribution in [2.45, 2.75) is 43.7 Å². The van der Waals surface area contributed by atoms with Gasteiger partial charge >= 0.3 is 0 Å². The third kappa shape index (κ3) is 8.71. The molecular weight excluding hydrogens is 522 g/mol. The van der Waals surface area contributed by atoms with Gasteiger partial charge in [0, 0.05) is 24.7 Å². The topological polar surface area (TPSA) is 100 Å². The molecule has 7 nitrogen and oxygen atoms in total. The van der Waals surface area contributed by atoms with E-state index in [1.165, 1.54) is 17.7 Å². The Morgan fingerprint density at radius 3 is 2.46 bits per heavy atom. The molecule has 1 aromatic heterocycles. The van der Waals surface area contributed by atoms with Gasteiger partial charge in [0.2, 0.25) is 11.8 Å². The highest BCUT2D eigenvalue weighted by Gasteiger charge is 2.23. The summed E-state index contributed by atoms with van der Waals surface area (Å²) in [4.78, 5) is 12.8. The van der Waals surface area contributed by atoms with E-state index < -0.39 is 29.7 Å². The molecular formula is C29H30F2N4O3S. The van der Waals surface area contributed by atoms with E-state index in [2.05, 4.69) is 39.9 Å². The second kappa shape index (κ2) is 14.0. The highest BCUT2D eigenvalue weighted by atomic mass is 32.2. The van der Waals surface area contributed by atoms with Crippen LogP contribution in [0, 0.1) is 11.6 Å². The highest BCUT2D eigenvalue weighted by Crippen LogP contribution is 2.23. The summed E-state index contributed by atoms with van der Waals surface area (Å²) in [5.41, 5.74) is 3.37. The van der Waals surface area contributed by atoms with Crippen molar-refractivity contribution in [3.05, 3.63) is 101 Å². The van der Waals surface area contributed by atoms with E-state index in [0.29, 0.717) is 18.0 Å². The number of nitrogens with zero attached hydrogens (tertiary/aromatic N) is 2. The first-order chi connectivity index (χ1) is 18.9. The Morgan fingerprint density at radius 1 is 0.974 bits per heavy atom. The molecule has 0 radical (unpaired) electrons. The molecule has 1 heterocycles. The maximum absolute atomic E-state index is 13.8. The molecule has 2 atom stereocenters. The summed E-state index contributed by atoms with van der Waals surface area (Å²) >= 11 is 1.06. The van der Waals surface area contributed by atoms with E-state index in [4.69, 9.17) is 4.42 Å². The van der Waals surface area contributed by atoms with Crippen molar-refractivity contribution in [3.63, 3.8) is 0 Å². The minimum atomic E-state index is -1.02. The van der Waals surface area contributed by atoms with Gasteiger partial charge in [-0.3, -0.25) is 4.79 Å². The smallest absolute Gasteiger partial charge is 0.277 e. The molecule has 0 saturated heterocycles. The fraction of sp³-hybridized carbons (Fsp3) is 0.276. The van der Waals surface area contributed by atoms with Gasteiger partial charge in [0.05, 0.1) is 17.9 Å². The number of hydrogen-bond acceptors (Lipinski definition) is 7. The van der Waals surface area contributed by atoms with Gasteiger partial charge in [-0.1, -0.05) is 61.2 Å². The van der Waals surface area contributed by atoms with Crippen LogP contribution in [0.2, 0.25) is 0 Å². The molecule has 0 saturated carbocycles. The number of nitrogens with one attached hydrogen (secondary N) is 2. The monoisotopic (exact) mass is 552 g/mol. The Hall–Kier alpha value is -3.60. The lowest BCUT2D eigenvalue weighted by Crippen LogP contribution is -2.49. The first-order valence-corrected chi connectivity index (χ1v) is 13.6. The van der Waals surface area contributed by atoms with Crippen LogP contribution < -0.4 is 10.6 Å². The number of carbonyl (C=O) groups excluding carboxylic acids is 1. The maximum atomic E-state index is 13.8. The quantitative estimate of drug-likeness (QED) is 0.209. The lowest BCUT2D eigenvalue weighted by molar-refractivity contribution is -0.120. The van der Waals surface area contributed by atoms with Crippen LogP contribution in [0.5, 0.6) is 0 Å². The second-order valence-corrected chi connectivity index (χ2v) is 9.98. The molecule has 3 aromatic carbocycles. The summed E-state index contributed by atoms with van der Waals surface area (Å²) in [5.74, 6) is -1.54. The average molecular weight is 553 g/mol. The van der Waals surface area contributed by atoms with Crippen LogP contribution in [0.4, 0.5) is 8.78 Å². The minimum absolute atomic E-state index is 0.0396. The molecule has 0 unspecified atom stereocenters. The normalized spacial score (nSPS) is 12.7. The summed E-state index contributed by atoms with van der Waals surface area (Å²) in [5, 5.41) is 25.1. The zero-order chi connectivity index (χ0) is 27.6. The van der Waals surface area contributed by atoms with Crippen molar-refractivity contribution in [3.8, 4) is 11.5 Å². The molecule has 4 rings (SSSR count). The largest absolute Gasteiger partial charge is 0.411 e. The molecule has 0 spiro atoms. The van der Waals surface area contributed by atoms with E-state index in [1.54, 1.807) is 0 Å². The highest BCUT2D eigenvalue weighted by molar-refractivity contribution is 7.99. The first kappa shape index (κ1) is 28.4. The van der Waals surface area contributed by atoms with E-state index in [9.17, 15) is 18.7 Å². The Morgan fingerprint density at radius 2 is 1.72 bits per heavy atom. The zero-order valence-corrected chi connectivity index (χ0v) is 22.3. The van der Waals surface area contributed by atoms with Gasteiger partial charge in [0.25, 0.3) is 5.22 Å². The van der Waals surface area contributed by atoms with Gasteiger partial charge in [0.1, 0.15) is 11.6 Å². The molecule has 39 heavy (non-hydrogen) atoms. The Kier molecular flexibility index (Phi) is 10.2. The minimum Gasteiger partial charge on any atom is -0.411 e. The van der Waals surface area contributed by atoms with E-state index in [-0.39, 0.29) is 23.9 Å². The lowest BCUT2D eigenvalue weighted by Gasteiger charge is -2.25. The average Bonchev–Trinajstić information content (AvgIpc) is 3.41. The number of aromatic nitrogens is 2. The predicted octanol–water partition coefficient (Wildman–Crippen LogP) is 4.55. The summed E-state index contributed by atoms with van der Waals surface area (Å²) in [7, 11) is 0. The third-order valence-corrected chi connectivity index (χ3v) is 6.84. The van der Waals surface area contributed by atoms with Crippen LogP contribution in [-0.2, 0) is 24.2 Å². The van der Waals surface area contributed by atoms with Crippen LogP contribution >= 0.6 is 11.8 Å². The van der Waals surface area contributed by atoms with Gasteiger partial charge in [0.15, 0.2) is 0 Å². The van der Waals surface area contributed by atoms with Crippen LogP contribution in [0.25, 0.3) is 11.5 Å². The van der Waals surface area contributed by atoms with Crippen molar-refractivity contribution in [1.82, 2.24) is 20.8 Å². The number of aliphatic hydroxyl groups excluding tert-OH is 1. The number of aliphatic hydroxyl groups is 1. The molecule has 0 aliphatic heterocycles. The van der Waals surface area contributed by atoms with Crippen molar-refractivity contribution in [1.29, 1.82) is 0 Å². The molecule has 0 fully saturated rings. The molecule has 0 aliphatic carbocycles. The molecule has 0 aliphatic rings. The molecule has 204 valence electrons. The SMILES string of the molecule is CCc1cccc(CNC[C@H](O)[C@H](Cc2cc(F)cc(F)c2)NC(=O)CSc2nnc(-c3ccccc3)o2)c1. The Balaban J connectivity index is 1.37. The number of benzene rings is 3. The van der Waals surface area contributed by atoms with E-state index in [0.717, 1.165) is 35.4 Å². The van der Waals surface area contributed by atoms with Gasteiger partial charge in [-0.25, -0.2) is 8.78 Å². The van der Waals surface area contributed by atoms with Gasteiger partial charge in [-0.2, -0.15) is 0 Å². The number of thioether (sulfide) groups is 1. The second-order valence-electron chi connectivity index (χ2n) is 9.06. The first-order valence-electron chi connectivity index (χ1n) is 12.6. The van der Waals surface area contributed by atoms with Crippen molar-refractivity contribution in [2.24, 2.45) is 0 Å². The summed E-state index contributed by atoms with van der Waals surface area (Å²) in [6.45, 7) is 2.77. The van der Waals surface area contributed by atoms with Crippen LogP contribution in [-0.4, -0.2) is 45.7 Å². The number of halogens is 2. The number of carbonyl (C=O) groups is 1. The van der Waals surface area contributed by atoms with Crippen LogP contribution in [0.1, 0.15) is 23.6 Å².